The van der Waals surface area contributed by atoms with E-state index < -0.39 is 0 Å². The second kappa shape index (κ2) is 11.1. The lowest BCUT2D eigenvalue weighted by Gasteiger charge is -2.22. The first-order valence-electron chi connectivity index (χ1n) is 9.51. The molecule has 1 saturated heterocycles. The monoisotopic (exact) mass is 388 g/mol. The zero-order valence-corrected chi connectivity index (χ0v) is 16.4. The van der Waals surface area contributed by atoms with Crippen molar-refractivity contribution in [3.05, 3.63) is 71.8 Å². The quantitative estimate of drug-likeness (QED) is 0.723. The number of hydrogen-bond acceptors (Lipinski definition) is 3. The molecule has 3 atom stereocenters. The van der Waals surface area contributed by atoms with Crippen LogP contribution in [-0.2, 0) is 16.0 Å². The second-order valence-corrected chi connectivity index (χ2v) is 6.91. The lowest BCUT2D eigenvalue weighted by atomic mass is 9.98. The Morgan fingerprint density at radius 3 is 2.37 bits per heavy atom. The van der Waals surface area contributed by atoms with E-state index in [1.807, 2.05) is 24.3 Å². The largest absolute Gasteiger partial charge is 0.364 e. The minimum absolute atomic E-state index is 0. The third kappa shape index (κ3) is 6.35. The van der Waals surface area contributed by atoms with E-state index in [2.05, 4.69) is 41.7 Å². The average molecular weight is 389 g/mol. The first-order chi connectivity index (χ1) is 12.8. The molecule has 0 bridgehead atoms. The highest BCUT2D eigenvalue weighted by atomic mass is 35.5. The van der Waals surface area contributed by atoms with Crippen molar-refractivity contribution >= 4 is 18.3 Å². The van der Waals surface area contributed by atoms with Crippen LogP contribution in [-0.4, -0.2) is 24.7 Å². The Morgan fingerprint density at radius 2 is 1.74 bits per heavy atom. The molecule has 146 valence electrons. The lowest BCUT2D eigenvalue weighted by Crippen LogP contribution is -2.38. The number of nitrogens with two attached hydrogens (primary N) is 1. The van der Waals surface area contributed by atoms with Gasteiger partial charge < -0.3 is 15.8 Å². The van der Waals surface area contributed by atoms with Crippen molar-refractivity contribution in [3.63, 3.8) is 0 Å². The zero-order chi connectivity index (χ0) is 18.2. The Bertz CT molecular complexity index is 681. The van der Waals surface area contributed by atoms with Crippen molar-refractivity contribution in [1.82, 2.24) is 5.32 Å². The summed E-state index contributed by atoms with van der Waals surface area (Å²) in [6, 6.07) is 20.7. The molecular formula is C22H29ClN2O2. The molecule has 1 fully saturated rings. The van der Waals surface area contributed by atoms with E-state index in [9.17, 15) is 4.79 Å². The minimum Gasteiger partial charge on any atom is -0.364 e. The summed E-state index contributed by atoms with van der Waals surface area (Å²) in [5.74, 6) is -0.0190. The van der Waals surface area contributed by atoms with Gasteiger partial charge in [0, 0.05) is 6.54 Å². The summed E-state index contributed by atoms with van der Waals surface area (Å²) in [7, 11) is 0. The van der Waals surface area contributed by atoms with Gasteiger partial charge in [-0.25, -0.2) is 0 Å². The summed E-state index contributed by atoms with van der Waals surface area (Å²) in [6.45, 7) is 0.475. The predicted molar refractivity (Wildman–Crippen MR) is 111 cm³/mol. The number of rotatable bonds is 8. The van der Waals surface area contributed by atoms with Gasteiger partial charge in [-0.1, -0.05) is 60.7 Å². The summed E-state index contributed by atoms with van der Waals surface area (Å²) in [6.07, 6.45) is 4.17. The summed E-state index contributed by atoms with van der Waals surface area (Å²) in [4.78, 5) is 12.6. The summed E-state index contributed by atoms with van der Waals surface area (Å²) in [5, 5.41) is 3.20. The van der Waals surface area contributed by atoms with Crippen LogP contribution in [0.2, 0.25) is 0 Å². The molecule has 1 unspecified atom stereocenters. The molecule has 0 spiro atoms. The van der Waals surface area contributed by atoms with Crippen LogP contribution in [0.25, 0.3) is 0 Å². The smallest absolute Gasteiger partial charge is 0.249 e. The van der Waals surface area contributed by atoms with Gasteiger partial charge in [0.2, 0.25) is 5.91 Å². The molecule has 27 heavy (non-hydrogen) atoms. The number of aryl methyl sites for hydroxylation is 1. The van der Waals surface area contributed by atoms with Crippen molar-refractivity contribution in [1.29, 1.82) is 0 Å². The standard InChI is InChI=1S/C22H28N2O2.ClH/c23-16-19-14-15-21(26-19)22(25)24-20(18-11-5-2-6-12-18)13-7-10-17-8-3-1-4-9-17;/h1-6,8-9,11-12,19-21H,7,10,13-16,23H2,(H,24,25);1H/t19-,20?,21+;/m1./s1. The van der Waals surface area contributed by atoms with Crippen LogP contribution in [0.3, 0.4) is 0 Å². The van der Waals surface area contributed by atoms with Gasteiger partial charge in [-0.3, -0.25) is 4.79 Å². The van der Waals surface area contributed by atoms with Crippen LogP contribution in [0, 0.1) is 0 Å². The summed E-state index contributed by atoms with van der Waals surface area (Å²) >= 11 is 0. The van der Waals surface area contributed by atoms with Gasteiger partial charge in [0.25, 0.3) is 0 Å². The molecule has 1 aliphatic rings. The van der Waals surface area contributed by atoms with Gasteiger partial charge in [-0.15, -0.1) is 12.4 Å². The van der Waals surface area contributed by atoms with Crippen molar-refractivity contribution in [2.75, 3.05) is 6.54 Å². The van der Waals surface area contributed by atoms with E-state index in [4.69, 9.17) is 10.5 Å². The Morgan fingerprint density at radius 1 is 1.07 bits per heavy atom. The second-order valence-electron chi connectivity index (χ2n) is 6.91. The fourth-order valence-corrected chi connectivity index (χ4v) is 3.50. The Labute approximate surface area is 167 Å². The third-order valence-corrected chi connectivity index (χ3v) is 4.98. The molecule has 0 radical (unpaired) electrons. The van der Waals surface area contributed by atoms with E-state index in [0.29, 0.717) is 6.54 Å². The number of amides is 1. The fourth-order valence-electron chi connectivity index (χ4n) is 3.50. The van der Waals surface area contributed by atoms with E-state index in [-0.39, 0.29) is 36.6 Å². The molecule has 1 amide bonds. The highest BCUT2D eigenvalue weighted by molar-refractivity contribution is 5.85. The van der Waals surface area contributed by atoms with E-state index >= 15 is 0 Å². The molecule has 4 nitrogen and oxygen atoms in total. The topological polar surface area (TPSA) is 64.4 Å². The van der Waals surface area contributed by atoms with Crippen molar-refractivity contribution < 1.29 is 9.53 Å². The number of halogens is 1. The van der Waals surface area contributed by atoms with Crippen LogP contribution in [0.5, 0.6) is 0 Å². The Balaban J connectivity index is 0.00000261. The molecule has 1 heterocycles. The molecule has 2 aromatic rings. The third-order valence-electron chi connectivity index (χ3n) is 4.98. The number of carbonyl (C=O) groups excluding carboxylic acids is 1. The summed E-state index contributed by atoms with van der Waals surface area (Å²) < 4.78 is 5.75. The Hall–Kier alpha value is -1.88. The normalized spacial score (nSPS) is 19.9. The number of nitrogens with one attached hydrogen (secondary N) is 1. The van der Waals surface area contributed by atoms with Crippen molar-refractivity contribution in [2.45, 2.75) is 50.4 Å². The number of ether oxygens (including phenoxy) is 1. The van der Waals surface area contributed by atoms with Crippen LogP contribution >= 0.6 is 12.4 Å². The minimum atomic E-state index is -0.371. The maximum absolute atomic E-state index is 12.6. The van der Waals surface area contributed by atoms with Gasteiger partial charge in [0.1, 0.15) is 6.10 Å². The van der Waals surface area contributed by atoms with E-state index in [1.54, 1.807) is 0 Å². The van der Waals surface area contributed by atoms with E-state index in [0.717, 1.165) is 37.7 Å². The van der Waals surface area contributed by atoms with Gasteiger partial charge in [0.15, 0.2) is 0 Å². The van der Waals surface area contributed by atoms with Gasteiger partial charge in [-0.2, -0.15) is 0 Å². The predicted octanol–water partition coefficient (Wildman–Crippen LogP) is 3.79. The van der Waals surface area contributed by atoms with Crippen LogP contribution in [0.1, 0.15) is 42.9 Å². The van der Waals surface area contributed by atoms with Gasteiger partial charge >= 0.3 is 0 Å². The molecule has 3 rings (SSSR count). The maximum atomic E-state index is 12.6. The molecule has 2 aromatic carbocycles. The van der Waals surface area contributed by atoms with Crippen molar-refractivity contribution in [3.8, 4) is 0 Å². The molecule has 0 saturated carbocycles. The summed E-state index contributed by atoms with van der Waals surface area (Å²) in [5.41, 5.74) is 8.12. The van der Waals surface area contributed by atoms with Gasteiger partial charge in [0.05, 0.1) is 12.1 Å². The molecular weight excluding hydrogens is 360 g/mol. The fraction of sp³-hybridized carbons (Fsp3) is 0.409. The van der Waals surface area contributed by atoms with Gasteiger partial charge in [-0.05, 0) is 43.2 Å². The highest BCUT2D eigenvalue weighted by Crippen LogP contribution is 2.23. The van der Waals surface area contributed by atoms with Crippen LogP contribution in [0.15, 0.2) is 60.7 Å². The SMILES string of the molecule is Cl.NC[C@H]1CC[C@@H](C(=O)NC(CCCc2ccccc2)c2ccccc2)O1. The zero-order valence-electron chi connectivity index (χ0n) is 15.6. The first-order valence-corrected chi connectivity index (χ1v) is 9.51. The van der Waals surface area contributed by atoms with Crippen LogP contribution < -0.4 is 11.1 Å². The lowest BCUT2D eigenvalue weighted by molar-refractivity contribution is -0.132. The molecule has 1 aliphatic heterocycles. The van der Waals surface area contributed by atoms with E-state index in [1.165, 1.54) is 5.56 Å². The number of benzene rings is 2. The molecule has 0 aliphatic carbocycles. The highest BCUT2D eigenvalue weighted by Gasteiger charge is 2.31. The molecule has 0 aromatic heterocycles. The van der Waals surface area contributed by atoms with Crippen LogP contribution in [0.4, 0.5) is 0 Å². The van der Waals surface area contributed by atoms with Crippen molar-refractivity contribution in [2.24, 2.45) is 5.73 Å². The number of hydrogen-bond donors (Lipinski definition) is 2. The maximum Gasteiger partial charge on any atom is 0.249 e. The Kier molecular flexibility index (Phi) is 8.79. The molecule has 5 heteroatoms. The number of carbonyl (C=O) groups is 1. The first kappa shape index (κ1) is 21.4. The molecule has 3 N–H and O–H groups in total. The average Bonchev–Trinajstić information content (AvgIpc) is 3.18.